The van der Waals surface area contributed by atoms with Crippen LogP contribution in [0, 0.1) is 5.82 Å². The zero-order chi connectivity index (χ0) is 30.2. The first-order valence-electron chi connectivity index (χ1n) is 12.9. The lowest BCUT2D eigenvalue weighted by molar-refractivity contribution is -0.137. The van der Waals surface area contributed by atoms with Crippen LogP contribution < -0.4 is 15.8 Å². The molecule has 8 nitrogen and oxygen atoms in total. The molecule has 5 rings (SSSR count). The number of anilines is 2. The molecular formula is C29H27ClF4N6O2. The first kappa shape index (κ1) is 29.3. The summed E-state index contributed by atoms with van der Waals surface area (Å²) in [4.78, 5) is 24.9. The molecule has 0 spiro atoms. The van der Waals surface area contributed by atoms with Crippen LogP contribution in [0.3, 0.4) is 0 Å². The van der Waals surface area contributed by atoms with E-state index in [0.29, 0.717) is 46.7 Å². The van der Waals surface area contributed by atoms with Crippen molar-refractivity contribution in [2.24, 2.45) is 5.73 Å². The Labute approximate surface area is 244 Å². The summed E-state index contributed by atoms with van der Waals surface area (Å²) in [5, 5.41) is 3.45. The molecule has 42 heavy (non-hydrogen) atoms. The van der Waals surface area contributed by atoms with E-state index in [1.54, 1.807) is 18.2 Å². The fourth-order valence-electron chi connectivity index (χ4n) is 5.37. The second kappa shape index (κ2) is 11.3. The summed E-state index contributed by atoms with van der Waals surface area (Å²) < 4.78 is 59.6. The molecule has 2 amide bonds. The third-order valence-electron chi connectivity index (χ3n) is 7.46. The number of methoxy groups -OCH3 is 1. The van der Waals surface area contributed by atoms with Gasteiger partial charge in [0.1, 0.15) is 17.9 Å². The highest BCUT2D eigenvalue weighted by atomic mass is 35.5. The number of nitrogens with zero attached hydrogens (tertiary/aromatic N) is 4. The Morgan fingerprint density at radius 2 is 1.88 bits per heavy atom. The van der Waals surface area contributed by atoms with Crippen LogP contribution in [0.25, 0.3) is 10.9 Å². The molecule has 2 heterocycles. The highest BCUT2D eigenvalue weighted by Crippen LogP contribution is 2.41. The van der Waals surface area contributed by atoms with Crippen LogP contribution in [0.4, 0.5) is 33.9 Å². The number of piperazine rings is 1. The van der Waals surface area contributed by atoms with E-state index in [1.165, 1.54) is 42.6 Å². The Morgan fingerprint density at radius 3 is 2.55 bits per heavy atom. The second-order valence-electron chi connectivity index (χ2n) is 10.2. The molecule has 3 aromatic carbocycles. The number of carbonyl (C=O) groups excluding carboxylic acids is 1. The monoisotopic (exact) mass is 602 g/mol. The number of amides is 2. The summed E-state index contributed by atoms with van der Waals surface area (Å²) in [6.07, 6.45) is -3.09. The Balaban J connectivity index is 1.54. The predicted octanol–water partition coefficient (Wildman–Crippen LogP) is 6.31. The number of ether oxygens (including phenoxy) is 1. The van der Waals surface area contributed by atoms with E-state index in [-0.39, 0.29) is 23.8 Å². The molecule has 1 saturated heterocycles. The Kier molecular flexibility index (Phi) is 7.86. The van der Waals surface area contributed by atoms with Gasteiger partial charge in [-0.15, -0.1) is 0 Å². The number of urea groups is 1. The molecule has 0 saturated carbocycles. The third kappa shape index (κ3) is 5.64. The van der Waals surface area contributed by atoms with Gasteiger partial charge < -0.3 is 20.7 Å². The van der Waals surface area contributed by atoms with E-state index in [4.69, 9.17) is 22.1 Å². The summed E-state index contributed by atoms with van der Waals surface area (Å²) in [5.74, 6) is 0.0978. The van der Waals surface area contributed by atoms with E-state index in [1.807, 2.05) is 11.8 Å². The number of benzene rings is 3. The molecule has 1 aliphatic rings. The lowest BCUT2D eigenvalue weighted by Crippen LogP contribution is -2.61. The van der Waals surface area contributed by atoms with Gasteiger partial charge in [-0.05, 0) is 42.8 Å². The summed E-state index contributed by atoms with van der Waals surface area (Å²) in [6.45, 7) is 3.18. The lowest BCUT2D eigenvalue weighted by atomic mass is 9.85. The molecule has 13 heteroatoms. The number of halogens is 5. The maximum atomic E-state index is 14.7. The van der Waals surface area contributed by atoms with Crippen molar-refractivity contribution in [3.8, 4) is 5.75 Å². The molecule has 0 unspecified atom stereocenters. The molecule has 1 aliphatic heterocycles. The third-order valence-corrected chi connectivity index (χ3v) is 7.75. The number of fused-ring (bicyclic) bond motifs is 1. The first-order chi connectivity index (χ1) is 19.9. The minimum absolute atomic E-state index is 0.0549. The number of alkyl halides is 3. The molecule has 3 N–H and O–H groups in total. The zero-order valence-electron chi connectivity index (χ0n) is 22.7. The summed E-state index contributed by atoms with van der Waals surface area (Å²) >= 11 is 5.96. The van der Waals surface area contributed by atoms with Gasteiger partial charge in [-0.3, -0.25) is 4.90 Å². The summed E-state index contributed by atoms with van der Waals surface area (Å²) in [7, 11) is 1.49. The Bertz CT molecular complexity index is 1640. The predicted molar refractivity (Wildman–Crippen MR) is 151 cm³/mol. The van der Waals surface area contributed by atoms with Gasteiger partial charge in [-0.25, -0.2) is 19.2 Å². The smallest absolute Gasteiger partial charge is 0.416 e. The molecule has 220 valence electrons. The average molecular weight is 603 g/mol. The fourth-order valence-corrected chi connectivity index (χ4v) is 5.54. The molecule has 1 aromatic heterocycles. The molecule has 0 bridgehead atoms. The lowest BCUT2D eigenvalue weighted by Gasteiger charge is -2.49. The van der Waals surface area contributed by atoms with Crippen LogP contribution in [0.1, 0.15) is 23.6 Å². The highest BCUT2D eigenvalue weighted by Gasteiger charge is 2.43. The van der Waals surface area contributed by atoms with Gasteiger partial charge in [0.15, 0.2) is 5.82 Å². The van der Waals surface area contributed by atoms with Crippen molar-refractivity contribution in [3.63, 3.8) is 0 Å². The van der Waals surface area contributed by atoms with Crippen molar-refractivity contribution in [2.75, 3.05) is 32.1 Å². The average Bonchev–Trinajstić information content (AvgIpc) is 2.94. The Hall–Kier alpha value is -4.16. The van der Waals surface area contributed by atoms with E-state index >= 15 is 0 Å². The van der Waals surface area contributed by atoms with E-state index < -0.39 is 29.1 Å². The van der Waals surface area contributed by atoms with Crippen molar-refractivity contribution in [3.05, 3.63) is 88.5 Å². The standard InChI is InChI=1S/C29H27ClF4N6O2/c1-28(15-39(10-11-40(28)27(35)41)14-17-6-8-18(9-7-17)29(32,33)34)20-12-19-23(13-24(20)42-2)36-16-37-26(19)38-22-5-3-4-21(30)25(22)31/h3-9,12-13,16H,10-11,14-15H2,1-2H3,(H2,35,41)(H,36,37,38)/t28-/m0/s1. The summed E-state index contributed by atoms with van der Waals surface area (Å²) in [6, 6.07) is 12.4. The largest absolute Gasteiger partial charge is 0.496 e. The second-order valence-corrected chi connectivity index (χ2v) is 10.6. The van der Waals surface area contributed by atoms with Crippen molar-refractivity contribution >= 4 is 40.0 Å². The molecule has 4 aromatic rings. The van der Waals surface area contributed by atoms with Crippen LogP contribution in [0.5, 0.6) is 5.75 Å². The minimum atomic E-state index is -4.42. The van der Waals surface area contributed by atoms with Crippen LogP contribution in [-0.2, 0) is 18.3 Å². The van der Waals surface area contributed by atoms with Crippen molar-refractivity contribution in [2.45, 2.75) is 25.2 Å². The number of nitrogens with two attached hydrogens (primary N) is 1. The van der Waals surface area contributed by atoms with Gasteiger partial charge in [0.25, 0.3) is 0 Å². The molecule has 1 atom stereocenters. The first-order valence-corrected chi connectivity index (χ1v) is 13.3. The number of aromatic nitrogens is 2. The maximum Gasteiger partial charge on any atom is 0.416 e. The maximum absolute atomic E-state index is 14.7. The number of carbonyl (C=O) groups is 1. The molecule has 1 fully saturated rings. The van der Waals surface area contributed by atoms with Gasteiger partial charge in [0, 0.05) is 43.2 Å². The molecule has 0 radical (unpaired) electrons. The molecule has 0 aliphatic carbocycles. The van der Waals surface area contributed by atoms with Gasteiger partial charge >= 0.3 is 12.2 Å². The quantitative estimate of drug-likeness (QED) is 0.251. The minimum Gasteiger partial charge on any atom is -0.496 e. The van der Waals surface area contributed by atoms with Crippen LogP contribution in [-0.4, -0.2) is 52.5 Å². The van der Waals surface area contributed by atoms with Crippen LogP contribution in [0.15, 0.2) is 60.9 Å². The SMILES string of the molecule is COc1cc2ncnc(Nc3cccc(Cl)c3F)c2cc1[C@]1(C)CN(Cc2ccc(C(F)(F)F)cc2)CCN1C(N)=O. The topological polar surface area (TPSA) is 96.6 Å². The van der Waals surface area contributed by atoms with Gasteiger partial charge in [0.2, 0.25) is 0 Å². The van der Waals surface area contributed by atoms with Crippen molar-refractivity contribution < 1.29 is 27.1 Å². The Morgan fingerprint density at radius 1 is 1.14 bits per heavy atom. The fraction of sp³-hybridized carbons (Fsp3) is 0.276. The highest BCUT2D eigenvalue weighted by molar-refractivity contribution is 6.31. The number of hydrogen-bond donors (Lipinski definition) is 2. The number of hydrogen-bond acceptors (Lipinski definition) is 6. The van der Waals surface area contributed by atoms with Crippen LogP contribution >= 0.6 is 11.6 Å². The van der Waals surface area contributed by atoms with Crippen molar-refractivity contribution in [1.29, 1.82) is 0 Å². The van der Waals surface area contributed by atoms with E-state index in [9.17, 15) is 22.4 Å². The zero-order valence-corrected chi connectivity index (χ0v) is 23.4. The number of nitrogens with one attached hydrogen (secondary N) is 1. The van der Waals surface area contributed by atoms with Gasteiger partial charge in [-0.1, -0.05) is 29.8 Å². The molecular weight excluding hydrogens is 576 g/mol. The number of rotatable bonds is 6. The van der Waals surface area contributed by atoms with Crippen LogP contribution in [0.2, 0.25) is 5.02 Å². The van der Waals surface area contributed by atoms with Gasteiger partial charge in [0.05, 0.1) is 34.4 Å². The van der Waals surface area contributed by atoms with E-state index in [0.717, 1.165) is 12.1 Å². The normalized spacial score (nSPS) is 17.8. The van der Waals surface area contributed by atoms with E-state index in [2.05, 4.69) is 15.3 Å². The summed E-state index contributed by atoms with van der Waals surface area (Å²) in [5.41, 5.74) is 5.99. The van der Waals surface area contributed by atoms with Gasteiger partial charge in [-0.2, -0.15) is 13.2 Å². The number of primary amides is 1. The van der Waals surface area contributed by atoms with Crippen molar-refractivity contribution in [1.82, 2.24) is 19.8 Å².